The molecule has 0 rings (SSSR count). The maximum atomic E-state index is 10.7. The van der Waals surface area contributed by atoms with E-state index in [1.54, 1.807) is 13.0 Å². The average molecular weight is 157 g/mol. The molecule has 0 spiro atoms. The lowest BCUT2D eigenvalue weighted by molar-refractivity contribution is -0.137. The molecule has 0 fully saturated rings. The molecule has 0 unspecified atom stereocenters. The summed E-state index contributed by atoms with van der Waals surface area (Å²) in [6.45, 7) is 2.99. The molecule has 0 saturated carbocycles. The summed E-state index contributed by atoms with van der Waals surface area (Å²) in [6.07, 6.45) is 3.22. The Bertz CT molecular complexity index is 141. The molecule has 0 saturated heterocycles. The Kier molecular flexibility index (Phi) is 5.47. The molecule has 0 aromatic heterocycles. The van der Waals surface area contributed by atoms with Crippen molar-refractivity contribution in [3.05, 3.63) is 12.2 Å². The predicted molar refractivity (Wildman–Crippen MR) is 44.3 cm³/mol. The first-order valence-corrected chi connectivity index (χ1v) is 3.64. The number of ether oxygens (including phenoxy) is 1. The van der Waals surface area contributed by atoms with Gasteiger partial charge in [-0.15, -0.1) is 0 Å². The largest absolute Gasteiger partial charge is 0.463 e. The van der Waals surface area contributed by atoms with Crippen LogP contribution < -0.4 is 0 Å². The summed E-state index contributed by atoms with van der Waals surface area (Å²) in [6, 6.07) is 0. The molecular weight excluding hydrogens is 142 g/mol. The maximum Gasteiger partial charge on any atom is 0.330 e. The van der Waals surface area contributed by atoms with Crippen molar-refractivity contribution in [2.75, 3.05) is 27.2 Å². The van der Waals surface area contributed by atoms with Crippen molar-refractivity contribution in [3.8, 4) is 0 Å². The lowest BCUT2D eigenvalue weighted by Crippen LogP contribution is -2.11. The highest BCUT2D eigenvalue weighted by molar-refractivity contribution is 5.81. The molecule has 0 heterocycles. The van der Waals surface area contributed by atoms with Crippen LogP contribution in [0.2, 0.25) is 0 Å². The first kappa shape index (κ1) is 10.2. The van der Waals surface area contributed by atoms with Crippen LogP contribution in [0.1, 0.15) is 6.92 Å². The number of hydrogen-bond acceptors (Lipinski definition) is 3. The van der Waals surface area contributed by atoms with Gasteiger partial charge in [0.05, 0.1) is 6.61 Å². The van der Waals surface area contributed by atoms with Crippen molar-refractivity contribution in [1.82, 2.24) is 4.90 Å². The van der Waals surface area contributed by atoms with E-state index in [9.17, 15) is 4.79 Å². The van der Waals surface area contributed by atoms with Gasteiger partial charge in [0, 0.05) is 12.6 Å². The van der Waals surface area contributed by atoms with E-state index >= 15 is 0 Å². The van der Waals surface area contributed by atoms with Crippen molar-refractivity contribution in [2.45, 2.75) is 6.92 Å². The van der Waals surface area contributed by atoms with Gasteiger partial charge in [-0.25, -0.2) is 4.79 Å². The highest BCUT2D eigenvalue weighted by Gasteiger charge is 1.91. The number of esters is 1. The number of nitrogens with zero attached hydrogens (tertiary/aromatic N) is 1. The second-order valence-electron chi connectivity index (χ2n) is 2.42. The summed E-state index contributed by atoms with van der Waals surface area (Å²) in [4.78, 5) is 12.7. The molecule has 3 nitrogen and oxygen atoms in total. The fraction of sp³-hybridized carbons (Fsp3) is 0.625. The Labute approximate surface area is 67.6 Å². The molecule has 0 aliphatic rings. The van der Waals surface area contributed by atoms with Crippen molar-refractivity contribution in [3.63, 3.8) is 0 Å². The van der Waals surface area contributed by atoms with E-state index in [2.05, 4.69) is 4.74 Å². The third-order valence-electron chi connectivity index (χ3n) is 1.01. The first-order valence-electron chi connectivity index (χ1n) is 3.64. The topological polar surface area (TPSA) is 29.5 Å². The van der Waals surface area contributed by atoms with Crippen LogP contribution in [-0.2, 0) is 9.53 Å². The molecule has 3 heteroatoms. The number of carbonyl (C=O) groups excluding carboxylic acids is 1. The highest BCUT2D eigenvalue weighted by atomic mass is 16.5. The molecule has 11 heavy (non-hydrogen) atoms. The summed E-state index contributed by atoms with van der Waals surface area (Å²) >= 11 is 0. The van der Waals surface area contributed by atoms with E-state index in [0.29, 0.717) is 6.61 Å². The van der Waals surface area contributed by atoms with Gasteiger partial charge in [-0.1, -0.05) is 6.08 Å². The maximum absolute atomic E-state index is 10.7. The molecule has 0 N–H and O–H groups in total. The van der Waals surface area contributed by atoms with Gasteiger partial charge in [-0.2, -0.15) is 0 Å². The summed E-state index contributed by atoms with van der Waals surface area (Å²) in [5.74, 6) is -0.269. The minimum Gasteiger partial charge on any atom is -0.463 e. The summed E-state index contributed by atoms with van der Waals surface area (Å²) in [5, 5.41) is 0. The van der Waals surface area contributed by atoms with Crippen molar-refractivity contribution >= 4 is 5.97 Å². The van der Waals surface area contributed by atoms with Crippen LogP contribution >= 0.6 is 0 Å². The average Bonchev–Trinajstić information content (AvgIpc) is 1.87. The standard InChI is InChI=1S/C8H15NO2/c1-4-11-8(10)6-5-7-9(2)3/h5-6H,4,7H2,1-3H3/b6-5-. The highest BCUT2D eigenvalue weighted by Crippen LogP contribution is 1.82. The van der Waals surface area contributed by atoms with Gasteiger partial charge in [0.1, 0.15) is 0 Å². The lowest BCUT2D eigenvalue weighted by atomic mass is 10.5. The van der Waals surface area contributed by atoms with E-state index in [4.69, 9.17) is 0 Å². The number of likely N-dealkylation sites (N-methyl/N-ethyl adjacent to an activating group) is 1. The van der Waals surface area contributed by atoms with Gasteiger partial charge < -0.3 is 9.64 Å². The zero-order chi connectivity index (χ0) is 8.69. The normalized spacial score (nSPS) is 10.9. The second kappa shape index (κ2) is 5.92. The van der Waals surface area contributed by atoms with E-state index in [1.807, 2.05) is 19.0 Å². The van der Waals surface area contributed by atoms with Crippen LogP contribution in [0.3, 0.4) is 0 Å². The Hall–Kier alpha value is -0.830. The van der Waals surface area contributed by atoms with Crippen LogP contribution in [0, 0.1) is 0 Å². The Morgan fingerprint density at radius 2 is 2.18 bits per heavy atom. The van der Waals surface area contributed by atoms with Crippen LogP contribution in [0.5, 0.6) is 0 Å². The van der Waals surface area contributed by atoms with Gasteiger partial charge in [0.15, 0.2) is 0 Å². The quantitative estimate of drug-likeness (QED) is 0.443. The van der Waals surface area contributed by atoms with E-state index in [1.165, 1.54) is 6.08 Å². The minimum atomic E-state index is -0.269. The van der Waals surface area contributed by atoms with Crippen molar-refractivity contribution < 1.29 is 9.53 Å². The summed E-state index contributed by atoms with van der Waals surface area (Å²) < 4.78 is 4.68. The third-order valence-corrected chi connectivity index (χ3v) is 1.01. The fourth-order valence-corrected chi connectivity index (χ4v) is 0.550. The third kappa shape index (κ3) is 7.06. The second-order valence-corrected chi connectivity index (χ2v) is 2.42. The van der Waals surface area contributed by atoms with Gasteiger partial charge in [-0.3, -0.25) is 0 Å². The van der Waals surface area contributed by atoms with Crippen LogP contribution in [0.4, 0.5) is 0 Å². The Morgan fingerprint density at radius 3 is 2.64 bits per heavy atom. The van der Waals surface area contributed by atoms with Gasteiger partial charge in [0.2, 0.25) is 0 Å². The van der Waals surface area contributed by atoms with E-state index < -0.39 is 0 Å². The Morgan fingerprint density at radius 1 is 1.55 bits per heavy atom. The van der Waals surface area contributed by atoms with Crippen LogP contribution in [-0.4, -0.2) is 38.1 Å². The molecule has 0 aromatic rings. The SMILES string of the molecule is CCOC(=O)/C=C\CN(C)C. The smallest absolute Gasteiger partial charge is 0.330 e. The lowest BCUT2D eigenvalue weighted by Gasteiger charge is -2.03. The molecule has 0 bridgehead atoms. The fourth-order valence-electron chi connectivity index (χ4n) is 0.550. The number of carbonyl (C=O) groups is 1. The molecule has 0 amide bonds. The molecular formula is C8H15NO2. The van der Waals surface area contributed by atoms with E-state index in [0.717, 1.165) is 6.54 Å². The molecule has 0 aliphatic carbocycles. The van der Waals surface area contributed by atoms with Gasteiger partial charge in [-0.05, 0) is 21.0 Å². The molecule has 0 aromatic carbocycles. The van der Waals surface area contributed by atoms with Crippen LogP contribution in [0.25, 0.3) is 0 Å². The van der Waals surface area contributed by atoms with Crippen molar-refractivity contribution in [2.24, 2.45) is 0 Å². The molecule has 0 aliphatic heterocycles. The monoisotopic (exact) mass is 157 g/mol. The first-order chi connectivity index (χ1) is 5.16. The van der Waals surface area contributed by atoms with Crippen molar-refractivity contribution in [1.29, 1.82) is 0 Å². The zero-order valence-electron chi connectivity index (χ0n) is 7.33. The van der Waals surface area contributed by atoms with Gasteiger partial charge >= 0.3 is 5.97 Å². The summed E-state index contributed by atoms with van der Waals surface area (Å²) in [5.41, 5.74) is 0. The molecule has 0 radical (unpaired) electrons. The van der Waals surface area contributed by atoms with E-state index in [-0.39, 0.29) is 5.97 Å². The molecule has 0 atom stereocenters. The number of rotatable bonds is 4. The zero-order valence-corrected chi connectivity index (χ0v) is 7.33. The summed E-state index contributed by atoms with van der Waals surface area (Å²) in [7, 11) is 3.88. The molecule has 64 valence electrons. The Balaban J connectivity index is 3.48. The predicted octanol–water partition coefficient (Wildman–Crippen LogP) is 0.667. The minimum absolute atomic E-state index is 0.269. The van der Waals surface area contributed by atoms with Crippen LogP contribution in [0.15, 0.2) is 12.2 Å². The number of hydrogen-bond donors (Lipinski definition) is 0. The van der Waals surface area contributed by atoms with Gasteiger partial charge in [0.25, 0.3) is 0 Å².